The molecule has 1 aromatic carbocycles. The lowest BCUT2D eigenvalue weighted by Gasteiger charge is -2.31. The molecule has 1 unspecified atom stereocenters. The van der Waals surface area contributed by atoms with Crippen molar-refractivity contribution in [3.63, 3.8) is 0 Å². The molecule has 3 nitrogen and oxygen atoms in total. The maximum atomic E-state index is 13.0. The molecule has 3 rings (SSSR count). The van der Waals surface area contributed by atoms with Crippen molar-refractivity contribution in [2.45, 2.75) is 51.5 Å². The molecule has 2 heterocycles. The molecular formula is C21H26F3N3. The van der Waals surface area contributed by atoms with E-state index in [2.05, 4.69) is 15.2 Å². The van der Waals surface area contributed by atoms with E-state index >= 15 is 0 Å². The molecule has 27 heavy (non-hydrogen) atoms. The number of aryl methyl sites for hydroxylation is 1. The fourth-order valence-corrected chi connectivity index (χ4v) is 3.65. The molecule has 6 heteroatoms. The summed E-state index contributed by atoms with van der Waals surface area (Å²) in [5, 5.41) is 3.43. The van der Waals surface area contributed by atoms with E-state index in [-0.39, 0.29) is 0 Å². The zero-order valence-electron chi connectivity index (χ0n) is 15.6. The molecule has 0 bridgehead atoms. The van der Waals surface area contributed by atoms with Gasteiger partial charge in [-0.2, -0.15) is 13.2 Å². The van der Waals surface area contributed by atoms with Gasteiger partial charge in [0.05, 0.1) is 11.3 Å². The summed E-state index contributed by atoms with van der Waals surface area (Å²) >= 11 is 0. The molecule has 146 valence electrons. The third-order valence-corrected chi connectivity index (χ3v) is 5.20. The number of hydrogen-bond acceptors (Lipinski definition) is 3. The van der Waals surface area contributed by atoms with E-state index in [4.69, 9.17) is 0 Å². The third kappa shape index (κ3) is 5.53. The Labute approximate surface area is 158 Å². The largest absolute Gasteiger partial charge is 0.416 e. The Hall–Kier alpha value is -1.92. The van der Waals surface area contributed by atoms with E-state index in [9.17, 15) is 13.2 Å². The second kappa shape index (κ2) is 8.85. The van der Waals surface area contributed by atoms with Crippen LogP contribution < -0.4 is 5.32 Å². The smallest absolute Gasteiger partial charge is 0.317 e. The fraction of sp³-hybridized carbons (Fsp3) is 0.476. The Bertz CT molecular complexity index is 723. The number of nitrogens with one attached hydrogen (secondary N) is 1. The van der Waals surface area contributed by atoms with Crippen molar-refractivity contribution in [2.24, 2.45) is 0 Å². The number of aromatic nitrogens is 1. The molecule has 1 N–H and O–H groups in total. The van der Waals surface area contributed by atoms with Gasteiger partial charge >= 0.3 is 6.18 Å². The maximum absolute atomic E-state index is 13.0. The van der Waals surface area contributed by atoms with E-state index in [0.29, 0.717) is 24.7 Å². The first kappa shape index (κ1) is 19.8. The van der Waals surface area contributed by atoms with E-state index < -0.39 is 11.7 Å². The minimum Gasteiger partial charge on any atom is -0.317 e. The zero-order valence-corrected chi connectivity index (χ0v) is 15.6. The molecule has 0 spiro atoms. The molecule has 2 aromatic rings. The number of benzene rings is 1. The Kier molecular flexibility index (Phi) is 6.50. The van der Waals surface area contributed by atoms with E-state index in [1.54, 1.807) is 19.2 Å². The van der Waals surface area contributed by atoms with Crippen LogP contribution in [-0.4, -0.2) is 29.0 Å². The zero-order chi connectivity index (χ0) is 19.3. The first-order valence-corrected chi connectivity index (χ1v) is 9.45. The summed E-state index contributed by atoms with van der Waals surface area (Å²) in [6.07, 6.45) is 0.705. The van der Waals surface area contributed by atoms with Crippen LogP contribution in [0.2, 0.25) is 0 Å². The van der Waals surface area contributed by atoms with Crippen LogP contribution in [0.3, 0.4) is 0 Å². The summed E-state index contributed by atoms with van der Waals surface area (Å²) in [7, 11) is 0. The highest BCUT2D eigenvalue weighted by molar-refractivity contribution is 5.32. The Morgan fingerprint density at radius 3 is 2.67 bits per heavy atom. The third-order valence-electron chi connectivity index (χ3n) is 5.20. The molecule has 0 amide bonds. The minimum atomic E-state index is -4.30. The van der Waals surface area contributed by atoms with Gasteiger partial charge in [0.2, 0.25) is 0 Å². The lowest BCUT2D eigenvalue weighted by molar-refractivity contribution is -0.137. The first-order chi connectivity index (χ1) is 12.9. The molecule has 0 radical (unpaired) electrons. The van der Waals surface area contributed by atoms with Crippen LogP contribution in [-0.2, 0) is 19.3 Å². The van der Waals surface area contributed by atoms with Gasteiger partial charge in [-0.25, -0.2) is 0 Å². The van der Waals surface area contributed by atoms with Crippen molar-refractivity contribution in [3.05, 3.63) is 65.0 Å². The number of rotatable bonds is 5. The van der Waals surface area contributed by atoms with Crippen molar-refractivity contribution in [2.75, 3.05) is 13.1 Å². The summed E-state index contributed by atoms with van der Waals surface area (Å²) in [5.74, 6) is 0. The normalized spacial score (nSPS) is 18.5. The van der Waals surface area contributed by atoms with Gasteiger partial charge in [-0.1, -0.05) is 12.1 Å². The fourth-order valence-electron chi connectivity index (χ4n) is 3.65. The summed E-state index contributed by atoms with van der Waals surface area (Å²) < 4.78 is 38.9. The molecule has 1 aliphatic rings. The van der Waals surface area contributed by atoms with Crippen molar-refractivity contribution >= 4 is 0 Å². The number of alkyl halides is 3. The maximum Gasteiger partial charge on any atom is 0.416 e. The van der Waals surface area contributed by atoms with E-state index in [1.807, 2.05) is 18.2 Å². The van der Waals surface area contributed by atoms with Crippen molar-refractivity contribution in [1.82, 2.24) is 15.2 Å². The average molecular weight is 377 g/mol. The quantitative estimate of drug-likeness (QED) is 0.828. The summed E-state index contributed by atoms with van der Waals surface area (Å²) in [5.41, 5.74) is 2.02. The number of pyridine rings is 1. The van der Waals surface area contributed by atoms with E-state index in [1.165, 1.54) is 12.1 Å². The molecule has 1 aromatic heterocycles. The van der Waals surface area contributed by atoms with Gasteiger partial charge in [-0.05, 0) is 74.7 Å². The van der Waals surface area contributed by atoms with Crippen molar-refractivity contribution < 1.29 is 13.2 Å². The molecule has 1 saturated heterocycles. The minimum absolute atomic E-state index is 0.392. The van der Waals surface area contributed by atoms with Gasteiger partial charge in [0.1, 0.15) is 0 Å². The Balaban J connectivity index is 1.82. The summed E-state index contributed by atoms with van der Waals surface area (Å²) in [6.45, 7) is 5.08. The molecule has 0 saturated carbocycles. The number of hydrogen-bond donors (Lipinski definition) is 1. The summed E-state index contributed by atoms with van der Waals surface area (Å²) in [4.78, 5) is 6.81. The highest BCUT2D eigenvalue weighted by Crippen LogP contribution is 2.31. The summed E-state index contributed by atoms with van der Waals surface area (Å²) in [6, 6.07) is 10.3. The van der Waals surface area contributed by atoms with Gasteiger partial charge in [0.15, 0.2) is 0 Å². The SMILES string of the molecule is Cc1cc(C(F)(F)F)ccc1CN(Cc1ccccn1)C1CCCNCC1. The van der Waals surface area contributed by atoms with Gasteiger partial charge in [0.25, 0.3) is 0 Å². The topological polar surface area (TPSA) is 28.2 Å². The second-order valence-electron chi connectivity index (χ2n) is 7.20. The average Bonchev–Trinajstić information content (AvgIpc) is 2.92. The van der Waals surface area contributed by atoms with Gasteiger partial charge in [-0.15, -0.1) is 0 Å². The Morgan fingerprint density at radius 2 is 1.96 bits per heavy atom. The van der Waals surface area contributed by atoms with Crippen LogP contribution in [0.4, 0.5) is 13.2 Å². The predicted molar refractivity (Wildman–Crippen MR) is 100 cm³/mol. The lowest BCUT2D eigenvalue weighted by atomic mass is 10.0. The van der Waals surface area contributed by atoms with Crippen LogP contribution in [0.5, 0.6) is 0 Å². The molecule has 0 aliphatic carbocycles. The van der Waals surface area contributed by atoms with Crippen molar-refractivity contribution in [3.8, 4) is 0 Å². The van der Waals surface area contributed by atoms with E-state index in [0.717, 1.165) is 43.6 Å². The van der Waals surface area contributed by atoms with Crippen molar-refractivity contribution in [1.29, 1.82) is 0 Å². The molecule has 1 atom stereocenters. The Morgan fingerprint density at radius 1 is 1.11 bits per heavy atom. The predicted octanol–water partition coefficient (Wildman–Crippen LogP) is 4.55. The van der Waals surface area contributed by atoms with Gasteiger partial charge in [-0.3, -0.25) is 9.88 Å². The monoisotopic (exact) mass is 377 g/mol. The van der Waals surface area contributed by atoms with Crippen LogP contribution >= 0.6 is 0 Å². The van der Waals surface area contributed by atoms with Crippen LogP contribution in [0, 0.1) is 6.92 Å². The first-order valence-electron chi connectivity index (χ1n) is 9.45. The van der Waals surface area contributed by atoms with Gasteiger partial charge in [0, 0.05) is 25.3 Å². The standard InChI is InChI=1S/C21H26F3N3/c1-16-13-18(21(22,23)24)8-7-17(16)14-27(15-19-5-2-3-11-26-19)20-6-4-10-25-12-9-20/h2-3,5,7-8,11,13,20,25H,4,6,9-10,12,14-15H2,1H3. The van der Waals surface area contributed by atoms with Crippen LogP contribution in [0.1, 0.15) is 41.6 Å². The molecule has 1 aliphatic heterocycles. The second-order valence-corrected chi connectivity index (χ2v) is 7.20. The molecular weight excluding hydrogens is 351 g/mol. The highest BCUT2D eigenvalue weighted by Gasteiger charge is 2.31. The lowest BCUT2D eigenvalue weighted by Crippen LogP contribution is -2.35. The number of halogens is 3. The van der Waals surface area contributed by atoms with Crippen LogP contribution in [0.25, 0.3) is 0 Å². The van der Waals surface area contributed by atoms with Gasteiger partial charge < -0.3 is 5.32 Å². The highest BCUT2D eigenvalue weighted by atomic mass is 19.4. The molecule has 1 fully saturated rings. The van der Waals surface area contributed by atoms with Crippen LogP contribution in [0.15, 0.2) is 42.6 Å². The number of nitrogens with zero attached hydrogens (tertiary/aromatic N) is 2.